The summed E-state index contributed by atoms with van der Waals surface area (Å²) in [5, 5.41) is 10.5. The van der Waals surface area contributed by atoms with Crippen LogP contribution in [0.25, 0.3) is 0 Å². The first-order chi connectivity index (χ1) is 15.0. The van der Waals surface area contributed by atoms with Gasteiger partial charge in [-0.3, -0.25) is 9.59 Å². The van der Waals surface area contributed by atoms with Crippen molar-refractivity contribution in [2.45, 2.75) is 70.4 Å². The van der Waals surface area contributed by atoms with Gasteiger partial charge in [-0.15, -0.1) is 5.92 Å². The first-order valence-electron chi connectivity index (χ1n) is 11.2. The van der Waals surface area contributed by atoms with E-state index in [0.717, 1.165) is 25.7 Å². The summed E-state index contributed by atoms with van der Waals surface area (Å²) in [5.41, 5.74) is 1.33. The lowest BCUT2D eigenvalue weighted by Gasteiger charge is -2.21. The molecule has 1 heterocycles. The number of nitrogens with zero attached hydrogens (tertiary/aromatic N) is 1. The molecule has 0 aliphatic carbocycles. The molecule has 5 heteroatoms. The second-order valence-corrected chi connectivity index (χ2v) is 8.14. The van der Waals surface area contributed by atoms with Gasteiger partial charge in [0.05, 0.1) is 25.8 Å². The maximum atomic E-state index is 12.2. The molecule has 0 saturated carbocycles. The van der Waals surface area contributed by atoms with Crippen LogP contribution in [0.15, 0.2) is 42.5 Å². The van der Waals surface area contributed by atoms with E-state index in [1.165, 1.54) is 12.7 Å². The summed E-state index contributed by atoms with van der Waals surface area (Å²) in [6.07, 6.45) is 9.19. The Bertz CT molecular complexity index is 778. The Morgan fingerprint density at radius 3 is 2.81 bits per heavy atom. The first-order valence-corrected chi connectivity index (χ1v) is 11.2. The van der Waals surface area contributed by atoms with Gasteiger partial charge in [0.1, 0.15) is 0 Å². The fourth-order valence-electron chi connectivity index (χ4n) is 3.69. The van der Waals surface area contributed by atoms with Crippen LogP contribution in [0.5, 0.6) is 0 Å². The molecule has 1 unspecified atom stereocenters. The van der Waals surface area contributed by atoms with Crippen LogP contribution in [-0.4, -0.2) is 47.7 Å². The summed E-state index contributed by atoms with van der Waals surface area (Å²) in [5.74, 6) is 6.11. The van der Waals surface area contributed by atoms with Crippen molar-refractivity contribution in [3.63, 3.8) is 0 Å². The molecule has 0 bridgehead atoms. The Hall–Kier alpha value is -2.58. The summed E-state index contributed by atoms with van der Waals surface area (Å²) in [6, 6.07) is 10.4. The van der Waals surface area contributed by atoms with Gasteiger partial charge in [-0.2, -0.15) is 0 Å². The number of hydrogen-bond donors (Lipinski definition) is 1. The van der Waals surface area contributed by atoms with Crippen LogP contribution >= 0.6 is 0 Å². The third kappa shape index (κ3) is 8.98. The summed E-state index contributed by atoms with van der Waals surface area (Å²) in [6.45, 7) is 2.45. The smallest absolute Gasteiger partial charge is 0.305 e. The number of likely N-dealkylation sites (tertiary alicyclic amines) is 1. The minimum Gasteiger partial charge on any atom is -0.469 e. The average Bonchev–Trinajstić information content (AvgIpc) is 3.14. The van der Waals surface area contributed by atoms with E-state index >= 15 is 0 Å². The molecule has 0 radical (unpaired) electrons. The maximum Gasteiger partial charge on any atom is 0.305 e. The van der Waals surface area contributed by atoms with Gasteiger partial charge in [-0.25, -0.2) is 0 Å². The Balaban J connectivity index is 1.74. The van der Waals surface area contributed by atoms with Crippen LogP contribution in [0, 0.1) is 17.8 Å². The van der Waals surface area contributed by atoms with E-state index < -0.39 is 6.10 Å². The highest BCUT2D eigenvalue weighted by Crippen LogP contribution is 2.21. The molecular formula is C26H35NO4. The molecule has 1 aliphatic rings. The molecule has 1 aliphatic heterocycles. The van der Waals surface area contributed by atoms with Crippen molar-refractivity contribution in [3.05, 3.63) is 48.0 Å². The zero-order chi connectivity index (χ0) is 22.5. The number of methoxy groups -OCH3 is 1. The Morgan fingerprint density at radius 1 is 1.29 bits per heavy atom. The van der Waals surface area contributed by atoms with E-state index in [-0.39, 0.29) is 23.8 Å². The van der Waals surface area contributed by atoms with E-state index in [1.54, 1.807) is 4.90 Å². The molecule has 2 rings (SSSR count). The molecule has 1 amide bonds. The van der Waals surface area contributed by atoms with Crippen LogP contribution in [0.3, 0.4) is 0 Å². The van der Waals surface area contributed by atoms with Crippen LogP contribution in [0.2, 0.25) is 0 Å². The number of carbonyl (C=O) groups is 2. The molecule has 31 heavy (non-hydrogen) atoms. The second-order valence-electron chi connectivity index (χ2n) is 8.14. The van der Waals surface area contributed by atoms with Gasteiger partial charge in [-0.05, 0) is 43.6 Å². The molecule has 0 aromatic heterocycles. The van der Waals surface area contributed by atoms with Gasteiger partial charge in [0.25, 0.3) is 0 Å². The number of aryl methyl sites for hydroxylation is 1. The van der Waals surface area contributed by atoms with Crippen molar-refractivity contribution >= 4 is 11.9 Å². The molecule has 1 saturated heterocycles. The molecule has 5 nitrogen and oxygen atoms in total. The molecule has 1 fully saturated rings. The highest BCUT2D eigenvalue weighted by Gasteiger charge is 2.28. The van der Waals surface area contributed by atoms with Crippen molar-refractivity contribution < 1.29 is 19.4 Å². The lowest BCUT2D eigenvalue weighted by molar-refractivity contribution is -0.140. The number of unbranched alkanes of at least 4 members (excludes halogenated alkanes) is 1. The average molecular weight is 426 g/mol. The minimum atomic E-state index is -0.516. The molecule has 0 spiro atoms. The van der Waals surface area contributed by atoms with Crippen LogP contribution < -0.4 is 0 Å². The number of aliphatic hydroxyl groups excluding tert-OH is 1. The molecule has 1 aromatic carbocycles. The number of ether oxygens (including phenoxy) is 1. The lowest BCUT2D eigenvalue weighted by Crippen LogP contribution is -2.32. The van der Waals surface area contributed by atoms with E-state index in [2.05, 4.69) is 47.8 Å². The predicted octanol–water partition coefficient (Wildman–Crippen LogP) is 3.90. The van der Waals surface area contributed by atoms with Gasteiger partial charge >= 0.3 is 5.97 Å². The number of carbonyl (C=O) groups excluding carboxylic acids is 2. The van der Waals surface area contributed by atoms with E-state index in [1.807, 2.05) is 18.2 Å². The minimum absolute atomic E-state index is 0.0111. The second kappa shape index (κ2) is 13.7. The van der Waals surface area contributed by atoms with E-state index in [4.69, 9.17) is 0 Å². The van der Waals surface area contributed by atoms with Crippen LogP contribution in [0.4, 0.5) is 0 Å². The van der Waals surface area contributed by atoms with Crippen molar-refractivity contribution in [1.29, 1.82) is 0 Å². The van der Waals surface area contributed by atoms with Gasteiger partial charge in [0, 0.05) is 19.3 Å². The summed E-state index contributed by atoms with van der Waals surface area (Å²) >= 11 is 0. The predicted molar refractivity (Wildman–Crippen MR) is 122 cm³/mol. The standard InChI is InChI=1S/C26H35NO4/c1-21(11-10-14-22-12-6-5-7-13-22)24(28)18-16-23-17-19-25(29)27(23)20-9-4-3-8-15-26(30)31-2/h5-7,12-13,16,18,21,23-24,28H,3,8,10-11,14-15,17,19-20H2,1-2H3/t21-,23?,24+/m0/s1. The number of amides is 1. The fraction of sp³-hybridized carbons (Fsp3) is 0.538. The number of rotatable bonds is 11. The Morgan fingerprint density at radius 2 is 2.06 bits per heavy atom. The fourth-order valence-corrected chi connectivity index (χ4v) is 3.69. The SMILES string of the molecule is COC(=O)CCCC#CCN1C(=O)CCC1C=C[C@@H](O)[C@@H](C)CCCc1ccccc1. The summed E-state index contributed by atoms with van der Waals surface area (Å²) in [7, 11) is 1.38. The number of aliphatic hydroxyl groups is 1. The zero-order valence-corrected chi connectivity index (χ0v) is 18.8. The van der Waals surface area contributed by atoms with Gasteiger partial charge in [-0.1, -0.05) is 55.3 Å². The molecule has 3 atom stereocenters. The van der Waals surface area contributed by atoms with Gasteiger partial charge < -0.3 is 14.7 Å². The Labute approximate surface area is 186 Å². The Kier molecular flexibility index (Phi) is 10.9. The van der Waals surface area contributed by atoms with Gasteiger partial charge in [0.2, 0.25) is 5.91 Å². The highest BCUT2D eigenvalue weighted by atomic mass is 16.5. The van der Waals surface area contributed by atoms with Crippen molar-refractivity contribution in [2.75, 3.05) is 13.7 Å². The van der Waals surface area contributed by atoms with Crippen molar-refractivity contribution in [1.82, 2.24) is 4.90 Å². The lowest BCUT2D eigenvalue weighted by atomic mass is 9.95. The van der Waals surface area contributed by atoms with Crippen LogP contribution in [0.1, 0.15) is 57.4 Å². The molecular weight excluding hydrogens is 390 g/mol. The maximum absolute atomic E-state index is 12.2. The first kappa shape index (κ1) is 24.7. The number of benzene rings is 1. The highest BCUT2D eigenvalue weighted by molar-refractivity contribution is 5.79. The molecule has 1 N–H and O–H groups in total. The molecule has 1 aromatic rings. The largest absolute Gasteiger partial charge is 0.469 e. The zero-order valence-electron chi connectivity index (χ0n) is 18.8. The van der Waals surface area contributed by atoms with E-state index in [0.29, 0.717) is 32.2 Å². The van der Waals surface area contributed by atoms with Gasteiger partial charge in [0.15, 0.2) is 0 Å². The number of hydrogen-bond acceptors (Lipinski definition) is 4. The normalized spacial score (nSPS) is 18.0. The summed E-state index contributed by atoms with van der Waals surface area (Å²) < 4.78 is 4.60. The van der Waals surface area contributed by atoms with Crippen molar-refractivity contribution in [2.24, 2.45) is 5.92 Å². The van der Waals surface area contributed by atoms with E-state index in [9.17, 15) is 14.7 Å². The quantitative estimate of drug-likeness (QED) is 0.253. The molecule has 168 valence electrons. The monoisotopic (exact) mass is 425 g/mol. The van der Waals surface area contributed by atoms with Crippen LogP contribution in [-0.2, 0) is 20.7 Å². The summed E-state index contributed by atoms with van der Waals surface area (Å²) in [4.78, 5) is 25.0. The third-order valence-electron chi connectivity index (χ3n) is 5.74. The third-order valence-corrected chi connectivity index (χ3v) is 5.74. The number of esters is 1. The topological polar surface area (TPSA) is 66.8 Å². The van der Waals surface area contributed by atoms with Crippen molar-refractivity contribution in [3.8, 4) is 11.8 Å².